The van der Waals surface area contributed by atoms with Crippen LogP contribution in [0.15, 0.2) is 194 Å². The predicted molar refractivity (Wildman–Crippen MR) is 222 cm³/mol. The normalized spacial score (nSPS) is 12.0. The molecule has 8 aromatic carbocycles. The molecule has 8 aromatic rings. The molecule has 0 aromatic heterocycles. The molecule has 53 heavy (non-hydrogen) atoms. The van der Waals surface area contributed by atoms with Gasteiger partial charge in [0.15, 0.2) is 5.78 Å². The molecule has 0 radical (unpaired) electrons. The van der Waals surface area contributed by atoms with Crippen molar-refractivity contribution in [1.82, 2.24) is 0 Å². The van der Waals surface area contributed by atoms with Gasteiger partial charge in [0, 0.05) is 40.5 Å². The first kappa shape index (κ1) is 32.0. The Morgan fingerprint density at radius 1 is 0.396 bits per heavy atom. The van der Waals surface area contributed by atoms with E-state index in [-0.39, 0.29) is 5.78 Å². The van der Waals surface area contributed by atoms with E-state index in [4.69, 9.17) is 0 Å². The minimum atomic E-state index is 0.144. The fraction of sp³-hybridized carbons (Fsp3) is 0.0200. The highest BCUT2D eigenvalue weighted by Gasteiger charge is 2.18. The Balaban J connectivity index is 1.19. The highest BCUT2D eigenvalue weighted by Crippen LogP contribution is 2.42. The van der Waals surface area contributed by atoms with Crippen LogP contribution in [0.3, 0.4) is 0 Å². The summed E-state index contributed by atoms with van der Waals surface area (Å²) in [7, 11) is 0. The number of benzene rings is 8. The van der Waals surface area contributed by atoms with Crippen LogP contribution in [0.4, 0.5) is 34.1 Å². The topological polar surface area (TPSA) is 23.6 Å². The molecule has 0 fully saturated rings. The van der Waals surface area contributed by atoms with Crippen molar-refractivity contribution in [3.05, 3.63) is 205 Å². The van der Waals surface area contributed by atoms with E-state index in [2.05, 4.69) is 210 Å². The average molecular weight is 681 g/mol. The molecule has 0 spiro atoms. The molecule has 0 atom stereocenters. The summed E-state index contributed by atoms with van der Waals surface area (Å²) >= 11 is 0. The van der Waals surface area contributed by atoms with E-state index in [1.54, 1.807) is 6.08 Å². The lowest BCUT2D eigenvalue weighted by Gasteiger charge is -2.26. The average Bonchev–Trinajstić information content (AvgIpc) is 3.22. The van der Waals surface area contributed by atoms with Gasteiger partial charge in [-0.3, -0.25) is 4.79 Å². The van der Waals surface area contributed by atoms with Crippen LogP contribution in [-0.4, -0.2) is 5.78 Å². The van der Waals surface area contributed by atoms with E-state index in [9.17, 15) is 4.79 Å². The summed E-state index contributed by atoms with van der Waals surface area (Å²) in [5.74, 6) is 0.144. The number of ketones is 1. The molecule has 0 heterocycles. The van der Waals surface area contributed by atoms with Gasteiger partial charge >= 0.3 is 0 Å². The summed E-state index contributed by atoms with van der Waals surface area (Å²) in [6.45, 7) is 0. The number of rotatable bonds is 8. The van der Waals surface area contributed by atoms with Crippen LogP contribution in [0, 0.1) is 0 Å². The number of anilines is 6. The highest BCUT2D eigenvalue weighted by atomic mass is 16.1. The summed E-state index contributed by atoms with van der Waals surface area (Å²) in [6, 6.07) is 68.6. The van der Waals surface area contributed by atoms with Crippen molar-refractivity contribution in [1.29, 1.82) is 0 Å². The molecule has 3 nitrogen and oxygen atoms in total. The molecule has 0 saturated heterocycles. The number of Topliss-reactive ketones (excluding diaryl/α,β-unsaturated/α-hetero) is 1. The van der Waals surface area contributed by atoms with Gasteiger partial charge in [-0.1, -0.05) is 115 Å². The first-order valence-electron chi connectivity index (χ1n) is 18.0. The minimum Gasteiger partial charge on any atom is -0.311 e. The molecule has 0 amide bonds. The van der Waals surface area contributed by atoms with Crippen LogP contribution in [0.25, 0.3) is 45.2 Å². The van der Waals surface area contributed by atoms with Crippen molar-refractivity contribution >= 4 is 62.8 Å². The first-order chi connectivity index (χ1) is 26.2. The Labute approximate surface area is 309 Å². The second kappa shape index (κ2) is 14.0. The van der Waals surface area contributed by atoms with Gasteiger partial charge in [0.2, 0.25) is 0 Å². The zero-order valence-electron chi connectivity index (χ0n) is 29.1. The Bertz CT molecular complexity index is 2590. The third-order valence-corrected chi connectivity index (χ3v) is 9.97. The van der Waals surface area contributed by atoms with Crippen molar-refractivity contribution in [2.45, 2.75) is 6.42 Å². The SMILES string of the molecule is O=C1C=c2cc3ccc(-c4ccc(N(c5ccccc5)c5ccccc5)cc4)c(-c4ccc(N(c5ccccc5)c5ccccc5)cc4)c3cc2=CC1. The Morgan fingerprint density at radius 3 is 1.30 bits per heavy atom. The van der Waals surface area contributed by atoms with Gasteiger partial charge in [0.1, 0.15) is 0 Å². The van der Waals surface area contributed by atoms with Gasteiger partial charge in [0.05, 0.1) is 0 Å². The number of carbonyl (C=O) groups is 1. The highest BCUT2D eigenvalue weighted by molar-refractivity contribution is 6.10. The number of hydrogen-bond donors (Lipinski definition) is 0. The second-order valence-corrected chi connectivity index (χ2v) is 13.3. The first-order valence-corrected chi connectivity index (χ1v) is 18.0. The summed E-state index contributed by atoms with van der Waals surface area (Å²) in [4.78, 5) is 16.9. The van der Waals surface area contributed by atoms with Crippen molar-refractivity contribution in [2.75, 3.05) is 9.80 Å². The lowest BCUT2D eigenvalue weighted by atomic mass is 9.88. The summed E-state index contributed by atoms with van der Waals surface area (Å²) < 4.78 is 0. The molecule has 0 aliphatic heterocycles. The molecular weight excluding hydrogens is 645 g/mol. The minimum absolute atomic E-state index is 0.144. The lowest BCUT2D eigenvalue weighted by molar-refractivity contribution is -0.112. The van der Waals surface area contributed by atoms with Crippen LogP contribution >= 0.6 is 0 Å². The van der Waals surface area contributed by atoms with Crippen molar-refractivity contribution < 1.29 is 4.79 Å². The standard InChI is InChI=1S/C50H36N2O/c53-47-31-25-38-35-49-39(33-40(38)34-47)26-32-48(36-21-27-45(28-22-36)51(41-13-5-1-6-14-41)42-15-7-2-8-16-42)50(49)37-23-29-46(30-24-37)52(43-17-9-3-10-18-43)44-19-11-4-12-20-44/h1-30,32-35H,31H2. The fourth-order valence-corrected chi connectivity index (χ4v) is 7.47. The Kier molecular flexibility index (Phi) is 8.43. The van der Waals surface area contributed by atoms with Crippen molar-refractivity contribution in [2.24, 2.45) is 0 Å². The molecular formula is C50H36N2O. The number of carbonyl (C=O) groups excluding carboxylic acids is 1. The van der Waals surface area contributed by atoms with E-state index in [1.165, 1.54) is 5.56 Å². The Hall–Kier alpha value is -6.97. The van der Waals surface area contributed by atoms with Gasteiger partial charge in [-0.15, -0.1) is 0 Å². The van der Waals surface area contributed by atoms with Gasteiger partial charge in [-0.2, -0.15) is 0 Å². The van der Waals surface area contributed by atoms with E-state index in [1.807, 2.05) is 0 Å². The zero-order chi connectivity index (χ0) is 35.6. The maximum Gasteiger partial charge on any atom is 0.160 e. The predicted octanol–water partition coefficient (Wildman–Crippen LogP) is 11.6. The maximum atomic E-state index is 12.3. The van der Waals surface area contributed by atoms with Gasteiger partial charge in [0.25, 0.3) is 0 Å². The fourth-order valence-electron chi connectivity index (χ4n) is 7.47. The molecule has 0 unspecified atom stereocenters. The third-order valence-electron chi connectivity index (χ3n) is 9.97. The van der Waals surface area contributed by atoms with E-state index in [0.29, 0.717) is 6.42 Å². The zero-order valence-corrected chi connectivity index (χ0v) is 29.1. The van der Waals surface area contributed by atoms with Crippen molar-refractivity contribution in [3.8, 4) is 22.3 Å². The van der Waals surface area contributed by atoms with Crippen LogP contribution in [0.2, 0.25) is 0 Å². The molecule has 3 heteroatoms. The van der Waals surface area contributed by atoms with Gasteiger partial charge < -0.3 is 9.80 Å². The third kappa shape index (κ3) is 6.30. The smallest absolute Gasteiger partial charge is 0.160 e. The summed E-state index contributed by atoms with van der Waals surface area (Å²) in [6.07, 6.45) is 4.27. The molecule has 252 valence electrons. The van der Waals surface area contributed by atoms with Crippen LogP contribution in [-0.2, 0) is 4.79 Å². The van der Waals surface area contributed by atoms with E-state index >= 15 is 0 Å². The Morgan fingerprint density at radius 2 is 0.830 bits per heavy atom. The number of fused-ring (bicyclic) bond motifs is 2. The van der Waals surface area contributed by atoms with Crippen molar-refractivity contribution in [3.63, 3.8) is 0 Å². The van der Waals surface area contributed by atoms with E-state index < -0.39 is 0 Å². The maximum absolute atomic E-state index is 12.3. The lowest BCUT2D eigenvalue weighted by Crippen LogP contribution is -2.28. The molecule has 1 aliphatic rings. The number of para-hydroxylation sites is 4. The molecule has 1 aliphatic carbocycles. The molecule has 9 rings (SSSR count). The van der Waals surface area contributed by atoms with Crippen LogP contribution < -0.4 is 20.2 Å². The molecule has 0 N–H and O–H groups in total. The largest absolute Gasteiger partial charge is 0.311 e. The van der Waals surface area contributed by atoms with E-state index in [0.717, 1.165) is 72.0 Å². The second-order valence-electron chi connectivity index (χ2n) is 13.3. The van der Waals surface area contributed by atoms with Crippen LogP contribution in [0.1, 0.15) is 6.42 Å². The van der Waals surface area contributed by atoms with Gasteiger partial charge in [-0.25, -0.2) is 0 Å². The summed E-state index contributed by atoms with van der Waals surface area (Å²) in [5, 5.41) is 4.35. The molecule has 0 saturated carbocycles. The quantitative estimate of drug-likeness (QED) is 0.160. The number of nitrogens with zero attached hydrogens (tertiary/aromatic N) is 2. The summed E-state index contributed by atoms with van der Waals surface area (Å²) in [5.41, 5.74) is 11.2. The monoisotopic (exact) mass is 680 g/mol. The number of hydrogen-bond acceptors (Lipinski definition) is 3. The molecule has 0 bridgehead atoms. The van der Waals surface area contributed by atoms with Crippen LogP contribution in [0.5, 0.6) is 0 Å². The van der Waals surface area contributed by atoms with Gasteiger partial charge in [-0.05, 0) is 134 Å².